The Morgan fingerprint density at radius 3 is 2.50 bits per heavy atom. The number of aryl methyl sites for hydroxylation is 1. The minimum absolute atomic E-state index is 0.257. The van der Waals surface area contributed by atoms with Crippen LogP contribution in [0.4, 0.5) is 5.69 Å². The van der Waals surface area contributed by atoms with Crippen molar-refractivity contribution in [1.29, 1.82) is 0 Å². The molecule has 0 atom stereocenters. The van der Waals surface area contributed by atoms with E-state index in [4.69, 9.17) is 4.74 Å². The maximum atomic E-state index is 12.7. The monoisotopic (exact) mass is 372 g/mol. The van der Waals surface area contributed by atoms with Crippen LogP contribution in [0, 0.1) is 0 Å². The first-order valence-corrected chi connectivity index (χ1v) is 9.17. The fraction of sp³-hybridized carbons (Fsp3) is 0.130. The smallest absolute Gasteiger partial charge is 0.308 e. The number of para-hydroxylation sites is 1. The van der Waals surface area contributed by atoms with Gasteiger partial charge in [0.25, 0.3) is 5.91 Å². The van der Waals surface area contributed by atoms with Gasteiger partial charge in [-0.3, -0.25) is 9.59 Å². The Labute approximate surface area is 162 Å². The molecule has 0 saturated carbocycles. The van der Waals surface area contributed by atoms with Gasteiger partial charge in [-0.2, -0.15) is 0 Å². The highest BCUT2D eigenvalue weighted by molar-refractivity contribution is 6.11. The molecule has 140 valence electrons. The van der Waals surface area contributed by atoms with E-state index >= 15 is 0 Å². The lowest BCUT2D eigenvalue weighted by Gasteiger charge is -2.08. The van der Waals surface area contributed by atoms with Crippen LogP contribution < -0.4 is 10.1 Å². The molecule has 1 N–H and O–H groups in total. The molecule has 1 heterocycles. The highest BCUT2D eigenvalue weighted by Crippen LogP contribution is 2.31. The molecule has 0 radical (unpaired) electrons. The van der Waals surface area contributed by atoms with Gasteiger partial charge in [-0.15, -0.1) is 0 Å². The van der Waals surface area contributed by atoms with Crippen LogP contribution in [-0.4, -0.2) is 16.4 Å². The van der Waals surface area contributed by atoms with Gasteiger partial charge < -0.3 is 14.6 Å². The Hall–Kier alpha value is -3.60. The summed E-state index contributed by atoms with van der Waals surface area (Å²) in [5.41, 5.74) is 3.46. The number of anilines is 1. The molecule has 0 bridgehead atoms. The number of hydrogen-bond donors (Lipinski definition) is 1. The third-order valence-corrected chi connectivity index (χ3v) is 4.70. The third-order valence-electron chi connectivity index (χ3n) is 4.70. The van der Waals surface area contributed by atoms with Gasteiger partial charge >= 0.3 is 5.97 Å². The van der Waals surface area contributed by atoms with Crippen LogP contribution >= 0.6 is 0 Å². The zero-order valence-corrected chi connectivity index (χ0v) is 15.7. The number of carbonyl (C=O) groups is 2. The fourth-order valence-corrected chi connectivity index (χ4v) is 3.54. The molecule has 0 aliphatic carbocycles. The molecule has 0 spiro atoms. The summed E-state index contributed by atoms with van der Waals surface area (Å²) in [6.07, 6.45) is 0. The number of nitrogens with one attached hydrogen (secondary N) is 1. The molecule has 4 aromatic rings. The van der Waals surface area contributed by atoms with E-state index in [1.807, 2.05) is 30.3 Å². The number of benzene rings is 3. The maximum Gasteiger partial charge on any atom is 0.308 e. The Bertz CT molecular complexity index is 1210. The molecule has 4 rings (SSSR count). The normalized spacial score (nSPS) is 10.9. The lowest BCUT2D eigenvalue weighted by atomic mass is 10.1. The van der Waals surface area contributed by atoms with Crippen molar-refractivity contribution >= 4 is 39.4 Å². The molecule has 0 fully saturated rings. The maximum absolute atomic E-state index is 12.7. The van der Waals surface area contributed by atoms with E-state index in [1.54, 1.807) is 24.3 Å². The SMILES string of the molecule is CCn1c2ccccc2c2cc(NC(=O)c3cccc(OC(C)=O)c3)ccc21. The molecule has 0 aliphatic heterocycles. The lowest BCUT2D eigenvalue weighted by Crippen LogP contribution is -2.12. The summed E-state index contributed by atoms with van der Waals surface area (Å²) in [6.45, 7) is 4.32. The Balaban J connectivity index is 1.68. The van der Waals surface area contributed by atoms with Crippen molar-refractivity contribution in [3.05, 3.63) is 72.3 Å². The van der Waals surface area contributed by atoms with E-state index in [2.05, 4.69) is 28.9 Å². The minimum atomic E-state index is -0.421. The van der Waals surface area contributed by atoms with Crippen molar-refractivity contribution in [2.24, 2.45) is 0 Å². The highest BCUT2D eigenvalue weighted by Gasteiger charge is 2.12. The van der Waals surface area contributed by atoms with Gasteiger partial charge in [0.1, 0.15) is 5.75 Å². The summed E-state index contributed by atoms with van der Waals surface area (Å²) in [6, 6.07) is 20.8. The van der Waals surface area contributed by atoms with Crippen molar-refractivity contribution in [2.75, 3.05) is 5.32 Å². The van der Waals surface area contributed by atoms with Crippen LogP contribution in [0.25, 0.3) is 21.8 Å². The van der Waals surface area contributed by atoms with E-state index in [0.29, 0.717) is 11.3 Å². The molecular weight excluding hydrogens is 352 g/mol. The van der Waals surface area contributed by atoms with Crippen LogP contribution in [0.15, 0.2) is 66.7 Å². The molecule has 0 unspecified atom stereocenters. The van der Waals surface area contributed by atoms with Crippen LogP contribution in [0.1, 0.15) is 24.2 Å². The summed E-state index contributed by atoms with van der Waals surface area (Å²) in [7, 11) is 0. The van der Waals surface area contributed by atoms with E-state index in [-0.39, 0.29) is 5.91 Å². The second kappa shape index (κ2) is 7.19. The van der Waals surface area contributed by atoms with Gasteiger partial charge in [0.15, 0.2) is 0 Å². The van der Waals surface area contributed by atoms with Crippen LogP contribution in [0.2, 0.25) is 0 Å². The largest absolute Gasteiger partial charge is 0.427 e. The van der Waals surface area contributed by atoms with Gasteiger partial charge in [0.05, 0.1) is 0 Å². The van der Waals surface area contributed by atoms with Crippen LogP contribution in [0.5, 0.6) is 5.75 Å². The first-order valence-electron chi connectivity index (χ1n) is 9.17. The molecule has 3 aromatic carbocycles. The van der Waals surface area contributed by atoms with Crippen molar-refractivity contribution in [1.82, 2.24) is 4.57 Å². The van der Waals surface area contributed by atoms with E-state index < -0.39 is 5.97 Å². The number of hydrogen-bond acceptors (Lipinski definition) is 3. The average Bonchev–Trinajstić information content (AvgIpc) is 3.01. The first kappa shape index (κ1) is 17.8. The predicted molar refractivity (Wildman–Crippen MR) is 111 cm³/mol. The van der Waals surface area contributed by atoms with E-state index in [9.17, 15) is 9.59 Å². The number of amides is 1. The molecule has 1 amide bonds. The average molecular weight is 372 g/mol. The minimum Gasteiger partial charge on any atom is -0.427 e. The predicted octanol–water partition coefficient (Wildman–Crippen LogP) is 4.99. The third kappa shape index (κ3) is 3.22. The molecule has 28 heavy (non-hydrogen) atoms. The molecular formula is C23H20N2O3. The van der Waals surface area contributed by atoms with E-state index in [1.165, 1.54) is 12.4 Å². The summed E-state index contributed by atoms with van der Waals surface area (Å²) in [5, 5.41) is 5.19. The van der Waals surface area contributed by atoms with Crippen molar-refractivity contribution < 1.29 is 14.3 Å². The number of nitrogens with zero attached hydrogens (tertiary/aromatic N) is 1. The molecule has 5 heteroatoms. The number of rotatable bonds is 4. The second-order valence-corrected chi connectivity index (χ2v) is 6.57. The van der Waals surface area contributed by atoms with E-state index in [0.717, 1.165) is 28.5 Å². The number of fused-ring (bicyclic) bond motifs is 3. The number of esters is 1. The van der Waals surface area contributed by atoms with Gasteiger partial charge in [-0.05, 0) is 49.4 Å². The van der Waals surface area contributed by atoms with Crippen molar-refractivity contribution in [3.8, 4) is 5.75 Å². The standard InChI is InChI=1S/C23H20N2O3/c1-3-25-21-10-5-4-9-19(21)20-14-17(11-12-22(20)25)24-23(27)16-7-6-8-18(13-16)28-15(2)26/h4-14H,3H2,1-2H3,(H,24,27). The number of carbonyl (C=O) groups excluding carboxylic acids is 2. The summed E-state index contributed by atoms with van der Waals surface area (Å²) >= 11 is 0. The summed E-state index contributed by atoms with van der Waals surface area (Å²) in [4.78, 5) is 23.8. The molecule has 0 saturated heterocycles. The summed E-state index contributed by atoms with van der Waals surface area (Å²) in [5.74, 6) is -0.329. The quantitative estimate of drug-likeness (QED) is 0.405. The first-order chi connectivity index (χ1) is 13.6. The van der Waals surface area contributed by atoms with Crippen LogP contribution in [0.3, 0.4) is 0 Å². The van der Waals surface area contributed by atoms with Gasteiger partial charge in [0.2, 0.25) is 0 Å². The van der Waals surface area contributed by atoms with Crippen LogP contribution in [-0.2, 0) is 11.3 Å². The van der Waals surface area contributed by atoms with Crippen molar-refractivity contribution in [3.63, 3.8) is 0 Å². The second-order valence-electron chi connectivity index (χ2n) is 6.57. The highest BCUT2D eigenvalue weighted by atomic mass is 16.5. The number of ether oxygens (including phenoxy) is 1. The van der Waals surface area contributed by atoms with Crippen molar-refractivity contribution in [2.45, 2.75) is 20.4 Å². The fourth-order valence-electron chi connectivity index (χ4n) is 3.54. The number of aromatic nitrogens is 1. The van der Waals surface area contributed by atoms with Gasteiger partial charge in [0, 0.05) is 46.5 Å². The van der Waals surface area contributed by atoms with Gasteiger partial charge in [-0.1, -0.05) is 24.3 Å². The zero-order valence-electron chi connectivity index (χ0n) is 15.7. The zero-order chi connectivity index (χ0) is 19.7. The molecule has 0 aliphatic rings. The van der Waals surface area contributed by atoms with Gasteiger partial charge in [-0.25, -0.2) is 0 Å². The topological polar surface area (TPSA) is 60.3 Å². The Kier molecular flexibility index (Phi) is 4.57. The Morgan fingerprint density at radius 1 is 0.929 bits per heavy atom. The Morgan fingerprint density at radius 2 is 1.71 bits per heavy atom. The molecule has 5 nitrogen and oxygen atoms in total. The molecule has 1 aromatic heterocycles. The lowest BCUT2D eigenvalue weighted by molar-refractivity contribution is -0.131. The summed E-state index contributed by atoms with van der Waals surface area (Å²) < 4.78 is 7.32.